The van der Waals surface area contributed by atoms with Crippen molar-refractivity contribution in [2.45, 2.75) is 52.6 Å². The number of aromatic nitrogens is 2. The second-order valence-corrected chi connectivity index (χ2v) is 8.04. The Morgan fingerprint density at radius 1 is 1.21 bits per heavy atom. The molecule has 3 aromatic rings. The van der Waals surface area contributed by atoms with Gasteiger partial charge in [-0.15, -0.1) is 0 Å². The minimum absolute atomic E-state index is 0.0396. The van der Waals surface area contributed by atoms with Gasteiger partial charge in [-0.1, -0.05) is 60.0 Å². The summed E-state index contributed by atoms with van der Waals surface area (Å²) in [7, 11) is 0. The van der Waals surface area contributed by atoms with Crippen LogP contribution in [0.1, 0.15) is 43.6 Å². The molecule has 0 unspecified atom stereocenters. The molecule has 0 bridgehead atoms. The van der Waals surface area contributed by atoms with E-state index in [1.807, 2.05) is 19.1 Å². The Balaban J connectivity index is 1.92. The van der Waals surface area contributed by atoms with Crippen molar-refractivity contribution in [2.24, 2.45) is 0 Å². The number of hydrogen-bond acceptors (Lipinski definition) is 2. The van der Waals surface area contributed by atoms with E-state index in [-0.39, 0.29) is 11.9 Å². The molecule has 0 saturated heterocycles. The molecule has 0 radical (unpaired) electrons. The fourth-order valence-electron chi connectivity index (χ4n) is 3.22. The predicted octanol–water partition coefficient (Wildman–Crippen LogP) is 5.55. The third-order valence-electron chi connectivity index (χ3n) is 4.90. The van der Waals surface area contributed by atoms with Crippen LogP contribution >= 0.6 is 23.2 Å². The summed E-state index contributed by atoms with van der Waals surface area (Å²) in [5.41, 5.74) is 4.07. The highest BCUT2D eigenvalue weighted by molar-refractivity contribution is 6.42. The molecule has 1 amide bonds. The van der Waals surface area contributed by atoms with E-state index in [0.717, 1.165) is 23.3 Å². The molecule has 0 aliphatic heterocycles. The van der Waals surface area contributed by atoms with Gasteiger partial charge in [0.15, 0.2) is 0 Å². The number of amides is 1. The zero-order valence-electron chi connectivity index (χ0n) is 16.4. The van der Waals surface area contributed by atoms with E-state index in [4.69, 9.17) is 28.2 Å². The van der Waals surface area contributed by atoms with Crippen molar-refractivity contribution in [1.29, 1.82) is 0 Å². The van der Waals surface area contributed by atoms with Gasteiger partial charge in [0.25, 0.3) is 0 Å². The SMILES string of the molecule is CC[C@@H](C)NC(=O)CCn1c(Cc2cccc(C)c2)nc2cc(Cl)c(Cl)cc21. The Hall–Kier alpha value is -2.04. The lowest BCUT2D eigenvalue weighted by Crippen LogP contribution is -2.32. The number of rotatable bonds is 7. The fraction of sp³-hybridized carbons (Fsp3) is 0.364. The van der Waals surface area contributed by atoms with Crippen LogP contribution in [0.3, 0.4) is 0 Å². The largest absolute Gasteiger partial charge is 0.354 e. The molecular weight excluding hydrogens is 393 g/mol. The van der Waals surface area contributed by atoms with Crippen LogP contribution in [-0.2, 0) is 17.8 Å². The van der Waals surface area contributed by atoms with Crippen molar-refractivity contribution >= 4 is 40.1 Å². The van der Waals surface area contributed by atoms with Crippen molar-refractivity contribution in [2.75, 3.05) is 0 Å². The molecule has 1 N–H and O–H groups in total. The maximum Gasteiger partial charge on any atom is 0.221 e. The lowest BCUT2D eigenvalue weighted by atomic mass is 10.1. The van der Waals surface area contributed by atoms with Gasteiger partial charge in [0, 0.05) is 25.4 Å². The van der Waals surface area contributed by atoms with E-state index in [0.29, 0.717) is 29.4 Å². The first-order valence-corrected chi connectivity index (χ1v) is 10.3. The third kappa shape index (κ3) is 4.86. The first-order chi connectivity index (χ1) is 13.4. The van der Waals surface area contributed by atoms with Gasteiger partial charge in [-0.05, 0) is 38.0 Å². The Labute approximate surface area is 175 Å². The zero-order chi connectivity index (χ0) is 20.3. The normalized spacial score (nSPS) is 12.3. The number of fused-ring (bicyclic) bond motifs is 1. The number of nitrogens with zero attached hydrogens (tertiary/aromatic N) is 2. The summed E-state index contributed by atoms with van der Waals surface area (Å²) in [4.78, 5) is 17.1. The summed E-state index contributed by atoms with van der Waals surface area (Å²) in [5.74, 6) is 0.938. The first kappa shape index (κ1) is 20.7. The molecule has 0 fully saturated rings. The van der Waals surface area contributed by atoms with Gasteiger partial charge in [0.2, 0.25) is 5.91 Å². The minimum Gasteiger partial charge on any atom is -0.354 e. The van der Waals surface area contributed by atoms with Gasteiger partial charge >= 0.3 is 0 Å². The number of halogens is 2. The van der Waals surface area contributed by atoms with Crippen LogP contribution in [0.25, 0.3) is 11.0 Å². The first-order valence-electron chi connectivity index (χ1n) is 9.56. The monoisotopic (exact) mass is 417 g/mol. The van der Waals surface area contributed by atoms with E-state index in [1.54, 1.807) is 6.07 Å². The standard InChI is InChI=1S/C22H25Cl2N3O/c1-4-15(3)25-22(28)8-9-27-20-13-18(24)17(23)12-19(20)26-21(27)11-16-7-5-6-14(2)10-16/h5-7,10,12-13,15H,4,8-9,11H2,1-3H3,(H,25,28)/t15-/m1/s1. The van der Waals surface area contributed by atoms with Crippen LogP contribution < -0.4 is 5.32 Å². The number of carbonyl (C=O) groups excluding carboxylic acids is 1. The highest BCUT2D eigenvalue weighted by Gasteiger charge is 2.15. The second kappa shape index (κ2) is 8.97. The second-order valence-electron chi connectivity index (χ2n) is 7.23. The molecule has 6 heteroatoms. The maximum absolute atomic E-state index is 12.3. The lowest BCUT2D eigenvalue weighted by molar-refractivity contribution is -0.121. The van der Waals surface area contributed by atoms with Gasteiger partial charge in [-0.3, -0.25) is 4.79 Å². The number of aryl methyl sites for hydroxylation is 2. The summed E-state index contributed by atoms with van der Waals surface area (Å²) in [6.45, 7) is 6.68. The molecule has 1 heterocycles. The maximum atomic E-state index is 12.3. The van der Waals surface area contributed by atoms with Gasteiger partial charge in [-0.2, -0.15) is 0 Å². The molecule has 148 valence electrons. The van der Waals surface area contributed by atoms with Crippen LogP contribution in [0, 0.1) is 6.92 Å². The summed E-state index contributed by atoms with van der Waals surface area (Å²) >= 11 is 12.4. The lowest BCUT2D eigenvalue weighted by Gasteiger charge is -2.13. The van der Waals surface area contributed by atoms with E-state index in [9.17, 15) is 4.79 Å². The molecular formula is C22H25Cl2N3O. The fourth-order valence-corrected chi connectivity index (χ4v) is 3.54. The average Bonchev–Trinajstić information content (AvgIpc) is 2.96. The van der Waals surface area contributed by atoms with Crippen molar-refractivity contribution in [3.63, 3.8) is 0 Å². The zero-order valence-corrected chi connectivity index (χ0v) is 17.9. The molecule has 0 spiro atoms. The quantitative estimate of drug-likeness (QED) is 0.547. The van der Waals surface area contributed by atoms with Crippen LogP contribution in [-0.4, -0.2) is 21.5 Å². The van der Waals surface area contributed by atoms with Crippen LogP contribution in [0.15, 0.2) is 36.4 Å². The average molecular weight is 418 g/mol. The minimum atomic E-state index is 0.0396. The van der Waals surface area contributed by atoms with Crippen LogP contribution in [0.5, 0.6) is 0 Å². The summed E-state index contributed by atoms with van der Waals surface area (Å²) < 4.78 is 2.08. The van der Waals surface area contributed by atoms with E-state index >= 15 is 0 Å². The van der Waals surface area contributed by atoms with E-state index in [1.165, 1.54) is 11.1 Å². The van der Waals surface area contributed by atoms with Crippen molar-refractivity contribution < 1.29 is 4.79 Å². The highest BCUT2D eigenvalue weighted by Crippen LogP contribution is 2.29. The summed E-state index contributed by atoms with van der Waals surface area (Å²) in [5, 5.41) is 3.99. The Kier molecular flexibility index (Phi) is 6.63. The topological polar surface area (TPSA) is 46.9 Å². The Morgan fingerprint density at radius 2 is 1.96 bits per heavy atom. The predicted molar refractivity (Wildman–Crippen MR) is 116 cm³/mol. The molecule has 28 heavy (non-hydrogen) atoms. The molecule has 0 aliphatic carbocycles. The summed E-state index contributed by atoms with van der Waals surface area (Å²) in [6.07, 6.45) is 1.97. The van der Waals surface area contributed by atoms with E-state index in [2.05, 4.69) is 41.9 Å². The molecule has 2 aromatic carbocycles. The van der Waals surface area contributed by atoms with Gasteiger partial charge in [0.05, 0.1) is 21.1 Å². The number of imidazole rings is 1. The molecule has 1 aromatic heterocycles. The number of hydrogen-bond donors (Lipinski definition) is 1. The summed E-state index contributed by atoms with van der Waals surface area (Å²) in [6, 6.07) is 12.2. The Morgan fingerprint density at radius 3 is 2.68 bits per heavy atom. The molecule has 1 atom stereocenters. The van der Waals surface area contributed by atoms with Gasteiger partial charge in [0.1, 0.15) is 5.82 Å². The smallest absolute Gasteiger partial charge is 0.221 e. The molecule has 0 saturated carbocycles. The van der Waals surface area contributed by atoms with Crippen LogP contribution in [0.2, 0.25) is 10.0 Å². The molecule has 4 nitrogen and oxygen atoms in total. The number of carbonyl (C=O) groups is 1. The van der Waals surface area contributed by atoms with Crippen molar-refractivity contribution in [3.8, 4) is 0 Å². The number of benzene rings is 2. The van der Waals surface area contributed by atoms with Crippen LogP contribution in [0.4, 0.5) is 0 Å². The number of nitrogens with one attached hydrogen (secondary N) is 1. The highest BCUT2D eigenvalue weighted by atomic mass is 35.5. The molecule has 3 rings (SSSR count). The molecule has 0 aliphatic rings. The van der Waals surface area contributed by atoms with Crippen molar-refractivity contribution in [3.05, 3.63) is 63.4 Å². The van der Waals surface area contributed by atoms with Gasteiger partial charge in [-0.25, -0.2) is 4.98 Å². The van der Waals surface area contributed by atoms with Gasteiger partial charge < -0.3 is 9.88 Å². The third-order valence-corrected chi connectivity index (χ3v) is 5.62. The Bertz CT molecular complexity index is 997. The van der Waals surface area contributed by atoms with E-state index < -0.39 is 0 Å². The van der Waals surface area contributed by atoms with Crippen molar-refractivity contribution in [1.82, 2.24) is 14.9 Å².